The van der Waals surface area contributed by atoms with Crippen LogP contribution in [-0.4, -0.2) is 19.4 Å². The number of esters is 1. The number of rotatable bonds is 3. The van der Waals surface area contributed by atoms with Crippen molar-refractivity contribution in [2.45, 2.75) is 38.9 Å². The van der Waals surface area contributed by atoms with Gasteiger partial charge in [0.15, 0.2) is 0 Å². The van der Waals surface area contributed by atoms with Crippen LogP contribution in [0, 0.1) is 5.92 Å². The van der Waals surface area contributed by atoms with Crippen molar-refractivity contribution in [2.24, 2.45) is 5.92 Å². The zero-order valence-corrected chi connectivity index (χ0v) is 7.71. The number of ether oxygens (including phenoxy) is 2. The molecule has 0 aromatic heterocycles. The van der Waals surface area contributed by atoms with Gasteiger partial charge in [0.05, 0.1) is 0 Å². The molecule has 0 radical (unpaired) electrons. The number of carbonyl (C=O) groups is 1. The standard InChI is InChI=1S/C9H16O3/c1-7(10)12-9(11-2)8-5-3-4-6-8/h8-9H,3-6H2,1-2H3. The normalized spacial score (nSPS) is 20.8. The molecular weight excluding hydrogens is 156 g/mol. The molecule has 1 fully saturated rings. The second-order valence-corrected chi connectivity index (χ2v) is 3.26. The molecule has 0 amide bonds. The monoisotopic (exact) mass is 172 g/mol. The first-order valence-electron chi connectivity index (χ1n) is 4.44. The van der Waals surface area contributed by atoms with E-state index in [-0.39, 0.29) is 12.3 Å². The van der Waals surface area contributed by atoms with Gasteiger partial charge in [0.2, 0.25) is 6.29 Å². The van der Waals surface area contributed by atoms with Crippen molar-refractivity contribution in [1.82, 2.24) is 0 Å². The number of carbonyl (C=O) groups excluding carboxylic acids is 1. The largest absolute Gasteiger partial charge is 0.436 e. The maximum absolute atomic E-state index is 10.7. The Hall–Kier alpha value is -0.570. The quantitative estimate of drug-likeness (QED) is 0.480. The SMILES string of the molecule is COC(OC(C)=O)C1CCCC1. The summed E-state index contributed by atoms with van der Waals surface area (Å²) in [5, 5.41) is 0. The molecule has 1 rings (SSSR count). The highest BCUT2D eigenvalue weighted by atomic mass is 16.7. The summed E-state index contributed by atoms with van der Waals surface area (Å²) in [5.74, 6) is 0.160. The lowest BCUT2D eigenvalue weighted by Gasteiger charge is -2.20. The van der Waals surface area contributed by atoms with Gasteiger partial charge in [0.1, 0.15) is 0 Å². The first-order chi connectivity index (χ1) is 5.74. The van der Waals surface area contributed by atoms with E-state index in [9.17, 15) is 4.79 Å². The molecule has 1 atom stereocenters. The van der Waals surface area contributed by atoms with E-state index in [4.69, 9.17) is 9.47 Å². The molecule has 0 heterocycles. The molecule has 0 aromatic carbocycles. The van der Waals surface area contributed by atoms with Gasteiger partial charge in [-0.2, -0.15) is 0 Å². The number of methoxy groups -OCH3 is 1. The molecule has 0 N–H and O–H groups in total. The van der Waals surface area contributed by atoms with Crippen molar-refractivity contribution in [3.63, 3.8) is 0 Å². The van der Waals surface area contributed by atoms with Gasteiger partial charge in [-0.3, -0.25) is 4.79 Å². The zero-order chi connectivity index (χ0) is 8.97. The molecule has 3 nitrogen and oxygen atoms in total. The summed E-state index contributed by atoms with van der Waals surface area (Å²) >= 11 is 0. The fourth-order valence-electron chi connectivity index (χ4n) is 1.73. The van der Waals surface area contributed by atoms with Crippen LogP contribution in [0.25, 0.3) is 0 Å². The van der Waals surface area contributed by atoms with Crippen molar-refractivity contribution in [3.8, 4) is 0 Å². The van der Waals surface area contributed by atoms with E-state index in [0.29, 0.717) is 5.92 Å². The van der Waals surface area contributed by atoms with Gasteiger partial charge in [-0.25, -0.2) is 0 Å². The average molecular weight is 172 g/mol. The smallest absolute Gasteiger partial charge is 0.304 e. The van der Waals surface area contributed by atoms with Crippen molar-refractivity contribution >= 4 is 5.97 Å². The van der Waals surface area contributed by atoms with E-state index < -0.39 is 0 Å². The first kappa shape index (κ1) is 9.52. The molecule has 70 valence electrons. The fourth-order valence-corrected chi connectivity index (χ4v) is 1.73. The van der Waals surface area contributed by atoms with Crippen LogP contribution >= 0.6 is 0 Å². The molecule has 0 saturated heterocycles. The van der Waals surface area contributed by atoms with Crippen LogP contribution in [-0.2, 0) is 14.3 Å². The summed E-state index contributed by atoms with van der Waals surface area (Å²) in [6.45, 7) is 1.42. The third kappa shape index (κ3) is 2.48. The summed E-state index contributed by atoms with van der Waals surface area (Å²) in [6.07, 6.45) is 4.37. The van der Waals surface area contributed by atoms with Crippen molar-refractivity contribution in [2.75, 3.05) is 7.11 Å². The average Bonchev–Trinajstić information content (AvgIpc) is 2.51. The molecule has 1 saturated carbocycles. The number of hydrogen-bond acceptors (Lipinski definition) is 3. The van der Waals surface area contributed by atoms with E-state index in [1.807, 2.05) is 0 Å². The summed E-state index contributed by atoms with van der Waals surface area (Å²) in [4.78, 5) is 10.7. The van der Waals surface area contributed by atoms with Crippen LogP contribution in [0.15, 0.2) is 0 Å². The first-order valence-corrected chi connectivity index (χ1v) is 4.44. The molecule has 1 aliphatic carbocycles. The molecule has 0 spiro atoms. The van der Waals surface area contributed by atoms with Crippen LogP contribution in [0.3, 0.4) is 0 Å². The Bertz CT molecular complexity index is 150. The van der Waals surface area contributed by atoms with Crippen molar-refractivity contribution in [1.29, 1.82) is 0 Å². The minimum Gasteiger partial charge on any atom is -0.436 e. The maximum atomic E-state index is 10.7. The van der Waals surface area contributed by atoms with Gasteiger partial charge < -0.3 is 9.47 Å². The zero-order valence-electron chi connectivity index (χ0n) is 7.71. The Balaban J connectivity index is 2.37. The molecule has 3 heteroatoms. The molecule has 0 aromatic rings. The highest BCUT2D eigenvalue weighted by Gasteiger charge is 2.26. The Morgan fingerprint density at radius 3 is 2.42 bits per heavy atom. The van der Waals surface area contributed by atoms with Gasteiger partial charge in [0, 0.05) is 20.0 Å². The molecule has 1 aliphatic rings. The maximum Gasteiger partial charge on any atom is 0.304 e. The predicted octanol–water partition coefficient (Wildman–Crippen LogP) is 1.71. The minimum absolute atomic E-state index is 0.256. The van der Waals surface area contributed by atoms with Gasteiger partial charge >= 0.3 is 5.97 Å². The summed E-state index contributed by atoms with van der Waals surface area (Å²) in [5.41, 5.74) is 0. The van der Waals surface area contributed by atoms with E-state index in [1.54, 1.807) is 7.11 Å². The summed E-state index contributed by atoms with van der Waals surface area (Å²) in [6, 6.07) is 0. The Morgan fingerprint density at radius 1 is 1.42 bits per heavy atom. The van der Waals surface area contributed by atoms with Crippen molar-refractivity contribution in [3.05, 3.63) is 0 Å². The lowest BCUT2D eigenvalue weighted by atomic mass is 10.1. The second kappa shape index (κ2) is 4.45. The molecular formula is C9H16O3. The van der Waals surface area contributed by atoms with E-state index >= 15 is 0 Å². The highest BCUT2D eigenvalue weighted by Crippen LogP contribution is 2.29. The molecule has 0 bridgehead atoms. The van der Waals surface area contributed by atoms with Gasteiger partial charge in [-0.05, 0) is 12.8 Å². The fraction of sp³-hybridized carbons (Fsp3) is 0.889. The lowest BCUT2D eigenvalue weighted by Crippen LogP contribution is -2.26. The third-order valence-electron chi connectivity index (χ3n) is 2.30. The Kier molecular flexibility index (Phi) is 3.53. The predicted molar refractivity (Wildman–Crippen MR) is 44.5 cm³/mol. The number of hydrogen-bond donors (Lipinski definition) is 0. The van der Waals surface area contributed by atoms with E-state index in [1.165, 1.54) is 19.8 Å². The van der Waals surface area contributed by atoms with E-state index in [2.05, 4.69) is 0 Å². The van der Waals surface area contributed by atoms with Gasteiger partial charge in [0.25, 0.3) is 0 Å². The Labute approximate surface area is 73.0 Å². The Morgan fingerprint density at radius 2 is 2.00 bits per heavy atom. The molecule has 12 heavy (non-hydrogen) atoms. The van der Waals surface area contributed by atoms with Crippen LogP contribution in [0.5, 0.6) is 0 Å². The second-order valence-electron chi connectivity index (χ2n) is 3.26. The van der Waals surface area contributed by atoms with Crippen LogP contribution in [0.1, 0.15) is 32.6 Å². The summed E-state index contributed by atoms with van der Waals surface area (Å²) < 4.78 is 10.1. The third-order valence-corrected chi connectivity index (χ3v) is 2.30. The van der Waals surface area contributed by atoms with Crippen molar-refractivity contribution < 1.29 is 14.3 Å². The van der Waals surface area contributed by atoms with E-state index in [0.717, 1.165) is 12.8 Å². The molecule has 0 aliphatic heterocycles. The molecule has 1 unspecified atom stereocenters. The van der Waals surface area contributed by atoms with Crippen LogP contribution in [0.2, 0.25) is 0 Å². The minimum atomic E-state index is -0.315. The lowest BCUT2D eigenvalue weighted by molar-refractivity contribution is -0.181. The summed E-state index contributed by atoms with van der Waals surface area (Å²) in [7, 11) is 1.59. The topological polar surface area (TPSA) is 35.5 Å². The van der Waals surface area contributed by atoms with Crippen LogP contribution < -0.4 is 0 Å². The van der Waals surface area contributed by atoms with Gasteiger partial charge in [-0.15, -0.1) is 0 Å². The van der Waals surface area contributed by atoms with Crippen LogP contribution in [0.4, 0.5) is 0 Å². The highest BCUT2D eigenvalue weighted by molar-refractivity contribution is 5.66. The van der Waals surface area contributed by atoms with Gasteiger partial charge in [-0.1, -0.05) is 12.8 Å².